The molecule has 1 aliphatic heterocycles. The zero-order valence-electron chi connectivity index (χ0n) is 14.9. The van der Waals surface area contributed by atoms with Crippen molar-refractivity contribution in [3.8, 4) is 11.5 Å². The Bertz CT molecular complexity index is 949. The second kappa shape index (κ2) is 6.84. The number of anilines is 1. The second-order valence-electron chi connectivity index (χ2n) is 5.97. The normalized spacial score (nSPS) is 14.3. The number of amides is 2. The number of ether oxygens (including phenoxy) is 2. The van der Waals surface area contributed by atoms with Crippen molar-refractivity contribution in [3.05, 3.63) is 58.1 Å². The first-order chi connectivity index (χ1) is 12.4. The van der Waals surface area contributed by atoms with Crippen LogP contribution in [0.15, 0.2) is 41.4 Å². The Kier molecular flexibility index (Phi) is 4.74. The van der Waals surface area contributed by atoms with Gasteiger partial charge in [0.05, 0.1) is 25.5 Å². The number of rotatable bonds is 4. The number of benzene rings is 2. The van der Waals surface area contributed by atoms with E-state index in [0.717, 1.165) is 16.0 Å². The molecule has 2 aromatic rings. The van der Waals surface area contributed by atoms with Crippen LogP contribution in [0, 0.1) is 13.8 Å². The van der Waals surface area contributed by atoms with Gasteiger partial charge in [-0.3, -0.25) is 9.59 Å². The summed E-state index contributed by atoms with van der Waals surface area (Å²) in [6.45, 7) is 3.92. The lowest BCUT2D eigenvalue weighted by Crippen LogP contribution is -2.31. The monoisotopic (exact) mass is 371 g/mol. The van der Waals surface area contributed by atoms with Crippen LogP contribution in [0.3, 0.4) is 0 Å². The number of hydrogen-bond donors (Lipinski definition) is 0. The first-order valence-electron chi connectivity index (χ1n) is 7.97. The minimum Gasteiger partial charge on any atom is -0.493 e. The molecule has 0 N–H and O–H groups in total. The minimum atomic E-state index is -0.558. The number of nitrogens with zero attached hydrogens (tertiary/aromatic N) is 1. The van der Waals surface area contributed by atoms with E-state index in [0.29, 0.717) is 22.7 Å². The molecule has 134 valence electrons. The van der Waals surface area contributed by atoms with Gasteiger partial charge in [0.2, 0.25) is 0 Å². The van der Waals surface area contributed by atoms with Gasteiger partial charge >= 0.3 is 0 Å². The van der Waals surface area contributed by atoms with Gasteiger partial charge in [0.1, 0.15) is 5.03 Å². The van der Waals surface area contributed by atoms with Crippen molar-refractivity contribution in [2.75, 3.05) is 19.1 Å². The van der Waals surface area contributed by atoms with Gasteiger partial charge in [0.15, 0.2) is 11.5 Å². The Labute approximate surface area is 156 Å². The number of aryl methyl sites for hydroxylation is 2. The van der Waals surface area contributed by atoms with E-state index in [1.807, 2.05) is 26.0 Å². The Morgan fingerprint density at radius 1 is 0.846 bits per heavy atom. The molecule has 5 nitrogen and oxygen atoms in total. The summed E-state index contributed by atoms with van der Waals surface area (Å²) in [5.41, 5.74) is 3.31. The number of methoxy groups -OCH3 is 2. The fraction of sp³-hybridized carbons (Fsp3) is 0.200. The van der Waals surface area contributed by atoms with E-state index in [1.54, 1.807) is 24.3 Å². The highest BCUT2D eigenvalue weighted by Gasteiger charge is 2.39. The summed E-state index contributed by atoms with van der Waals surface area (Å²) < 4.78 is 10.4. The molecule has 26 heavy (non-hydrogen) atoms. The van der Waals surface area contributed by atoms with Gasteiger partial charge in [-0.05, 0) is 42.7 Å². The summed E-state index contributed by atoms with van der Waals surface area (Å²) in [4.78, 5) is 26.7. The van der Waals surface area contributed by atoms with Crippen LogP contribution in [0.2, 0.25) is 0 Å². The maximum absolute atomic E-state index is 13.0. The first kappa shape index (κ1) is 18.0. The van der Waals surface area contributed by atoms with Crippen LogP contribution in [-0.4, -0.2) is 26.0 Å². The van der Waals surface area contributed by atoms with Crippen LogP contribution < -0.4 is 14.4 Å². The summed E-state index contributed by atoms with van der Waals surface area (Å²) in [5, 5.41) is -0.0898. The number of hydrogen-bond acceptors (Lipinski definition) is 4. The standard InChI is InChI=1S/C20H18ClNO4/c1-11-5-6-13(9-12(11)2)17-18(21)20(24)22(19(17)23)14-7-8-15(25-3)16(10-14)26-4/h5-10H,1-4H3. The molecule has 0 saturated heterocycles. The van der Waals surface area contributed by atoms with E-state index in [1.165, 1.54) is 14.2 Å². The Hall–Kier alpha value is -2.79. The largest absolute Gasteiger partial charge is 0.493 e. The summed E-state index contributed by atoms with van der Waals surface area (Å²) >= 11 is 6.24. The number of carbonyl (C=O) groups excluding carboxylic acids is 2. The number of imide groups is 1. The molecule has 2 aromatic carbocycles. The van der Waals surface area contributed by atoms with Gasteiger partial charge in [-0.1, -0.05) is 29.8 Å². The van der Waals surface area contributed by atoms with Crippen LogP contribution in [0.5, 0.6) is 11.5 Å². The summed E-state index contributed by atoms with van der Waals surface area (Å²) in [6.07, 6.45) is 0. The minimum absolute atomic E-state index is 0.0898. The van der Waals surface area contributed by atoms with Crippen molar-refractivity contribution in [2.45, 2.75) is 13.8 Å². The maximum Gasteiger partial charge on any atom is 0.277 e. The zero-order valence-corrected chi connectivity index (χ0v) is 15.7. The lowest BCUT2D eigenvalue weighted by atomic mass is 10.0. The molecule has 1 heterocycles. The van der Waals surface area contributed by atoms with Gasteiger partial charge in [0.25, 0.3) is 11.8 Å². The van der Waals surface area contributed by atoms with E-state index in [9.17, 15) is 9.59 Å². The molecule has 0 spiro atoms. The van der Waals surface area contributed by atoms with Crippen molar-refractivity contribution < 1.29 is 19.1 Å². The van der Waals surface area contributed by atoms with Crippen molar-refractivity contribution >= 4 is 34.7 Å². The summed E-state index contributed by atoms with van der Waals surface area (Å²) in [5.74, 6) is -0.0993. The highest BCUT2D eigenvalue weighted by atomic mass is 35.5. The van der Waals surface area contributed by atoms with Gasteiger partial charge in [-0.2, -0.15) is 0 Å². The Balaban J connectivity index is 2.04. The number of halogens is 1. The van der Waals surface area contributed by atoms with E-state index in [2.05, 4.69) is 0 Å². The molecule has 0 atom stereocenters. The second-order valence-corrected chi connectivity index (χ2v) is 6.35. The van der Waals surface area contributed by atoms with Crippen molar-refractivity contribution in [1.82, 2.24) is 0 Å². The van der Waals surface area contributed by atoms with Crippen molar-refractivity contribution in [1.29, 1.82) is 0 Å². The van der Waals surface area contributed by atoms with E-state index in [4.69, 9.17) is 21.1 Å². The van der Waals surface area contributed by atoms with Gasteiger partial charge in [0, 0.05) is 6.07 Å². The fourth-order valence-electron chi connectivity index (χ4n) is 2.85. The highest BCUT2D eigenvalue weighted by Crippen LogP contribution is 2.38. The van der Waals surface area contributed by atoms with Gasteiger partial charge in [-0.15, -0.1) is 0 Å². The van der Waals surface area contributed by atoms with E-state index < -0.39 is 11.8 Å². The molecule has 0 fully saturated rings. The maximum atomic E-state index is 13.0. The lowest BCUT2D eigenvalue weighted by molar-refractivity contribution is -0.119. The molecular formula is C20H18ClNO4. The number of carbonyl (C=O) groups is 2. The molecule has 0 aromatic heterocycles. The smallest absolute Gasteiger partial charge is 0.277 e. The highest BCUT2D eigenvalue weighted by molar-refractivity contribution is 6.60. The Morgan fingerprint density at radius 2 is 1.54 bits per heavy atom. The topological polar surface area (TPSA) is 55.8 Å². The third-order valence-corrected chi connectivity index (χ3v) is 4.80. The molecular weight excluding hydrogens is 354 g/mol. The quantitative estimate of drug-likeness (QED) is 0.766. The van der Waals surface area contributed by atoms with Crippen LogP contribution in [-0.2, 0) is 9.59 Å². The van der Waals surface area contributed by atoms with Crippen LogP contribution in [0.1, 0.15) is 16.7 Å². The molecule has 0 aliphatic carbocycles. The van der Waals surface area contributed by atoms with Crippen molar-refractivity contribution in [2.24, 2.45) is 0 Å². The molecule has 2 amide bonds. The third-order valence-electron chi connectivity index (χ3n) is 4.45. The van der Waals surface area contributed by atoms with E-state index in [-0.39, 0.29) is 10.6 Å². The molecule has 0 saturated carbocycles. The molecule has 0 bridgehead atoms. The average molecular weight is 372 g/mol. The van der Waals surface area contributed by atoms with E-state index >= 15 is 0 Å². The predicted molar refractivity (Wildman–Crippen MR) is 101 cm³/mol. The Morgan fingerprint density at radius 3 is 2.15 bits per heavy atom. The first-order valence-corrected chi connectivity index (χ1v) is 8.35. The summed E-state index contributed by atoms with van der Waals surface area (Å²) in [7, 11) is 3.00. The molecule has 6 heteroatoms. The summed E-state index contributed by atoms with van der Waals surface area (Å²) in [6, 6.07) is 10.4. The molecule has 0 unspecified atom stereocenters. The lowest BCUT2D eigenvalue weighted by Gasteiger charge is -2.17. The molecule has 0 radical (unpaired) electrons. The van der Waals surface area contributed by atoms with Gasteiger partial charge in [-0.25, -0.2) is 4.90 Å². The third kappa shape index (κ3) is 2.84. The van der Waals surface area contributed by atoms with Crippen LogP contribution in [0.4, 0.5) is 5.69 Å². The average Bonchev–Trinajstić information content (AvgIpc) is 2.86. The van der Waals surface area contributed by atoms with Crippen LogP contribution >= 0.6 is 11.6 Å². The predicted octanol–water partition coefficient (Wildman–Crippen LogP) is 3.84. The molecule has 1 aliphatic rings. The zero-order chi connectivity index (χ0) is 19.0. The van der Waals surface area contributed by atoms with Crippen molar-refractivity contribution in [3.63, 3.8) is 0 Å². The molecule has 3 rings (SSSR count). The van der Waals surface area contributed by atoms with Gasteiger partial charge < -0.3 is 9.47 Å². The SMILES string of the molecule is COc1ccc(N2C(=O)C(Cl)=C(c3ccc(C)c(C)c3)C2=O)cc1OC. The van der Waals surface area contributed by atoms with Crippen LogP contribution in [0.25, 0.3) is 5.57 Å². The fourth-order valence-corrected chi connectivity index (χ4v) is 3.12.